The van der Waals surface area contributed by atoms with Crippen LogP contribution in [0.25, 0.3) is 6.08 Å². The van der Waals surface area contributed by atoms with Crippen molar-refractivity contribution in [1.82, 2.24) is 5.32 Å². The molecule has 138 valence electrons. The van der Waals surface area contributed by atoms with E-state index in [0.717, 1.165) is 17.0 Å². The third-order valence-corrected chi connectivity index (χ3v) is 4.29. The Morgan fingerprint density at radius 2 is 1.67 bits per heavy atom. The monoisotopic (exact) mass is 410 g/mol. The summed E-state index contributed by atoms with van der Waals surface area (Å²) >= 11 is 10.9. The molecule has 3 rings (SSSR count). The molecule has 4 nitrogen and oxygen atoms in total. The minimum atomic E-state index is -4.63. The van der Waals surface area contributed by atoms with Crippen LogP contribution in [0.3, 0.4) is 0 Å². The van der Waals surface area contributed by atoms with Crippen LogP contribution in [0.5, 0.6) is 0 Å². The van der Waals surface area contributed by atoms with Crippen LogP contribution in [-0.2, 0) is 15.8 Å². The van der Waals surface area contributed by atoms with Crippen molar-refractivity contribution in [2.45, 2.75) is 6.18 Å². The zero-order chi connectivity index (χ0) is 19.8. The van der Waals surface area contributed by atoms with Crippen molar-refractivity contribution in [2.24, 2.45) is 0 Å². The number of nitrogens with one attached hydrogen (secondary N) is 1. The van der Waals surface area contributed by atoms with Crippen molar-refractivity contribution in [3.8, 4) is 0 Å². The Balaban J connectivity index is 2.07. The molecule has 1 fully saturated rings. The molecule has 0 aromatic heterocycles. The lowest BCUT2D eigenvalue weighted by Gasteiger charge is -2.29. The molecular formula is C18H10ClF3N2O2S. The van der Waals surface area contributed by atoms with Crippen LogP contribution in [-0.4, -0.2) is 16.9 Å². The molecule has 0 spiro atoms. The summed E-state index contributed by atoms with van der Waals surface area (Å²) in [7, 11) is 0. The van der Waals surface area contributed by atoms with Gasteiger partial charge in [0.25, 0.3) is 11.8 Å². The quantitative estimate of drug-likeness (QED) is 0.459. The predicted octanol–water partition coefficient (Wildman–Crippen LogP) is 4.19. The standard InChI is InChI=1S/C18H10ClF3N2O2S/c19-11-5-7-12(8-6-11)24-16(26)13(15(25)23-17(24)27)9-10-3-1-2-4-14(10)18(20,21)22/h1-9H,(H,23,25,27). The van der Waals surface area contributed by atoms with E-state index in [0.29, 0.717) is 10.7 Å². The third-order valence-electron chi connectivity index (χ3n) is 3.75. The molecule has 1 saturated heterocycles. The topological polar surface area (TPSA) is 49.4 Å². The van der Waals surface area contributed by atoms with Gasteiger partial charge in [0.15, 0.2) is 5.11 Å². The van der Waals surface area contributed by atoms with E-state index in [4.69, 9.17) is 23.8 Å². The molecule has 0 bridgehead atoms. The van der Waals surface area contributed by atoms with E-state index in [1.54, 1.807) is 0 Å². The smallest absolute Gasteiger partial charge is 0.298 e. The third kappa shape index (κ3) is 3.86. The summed E-state index contributed by atoms with van der Waals surface area (Å²) in [5.41, 5.74) is -1.39. The maximum atomic E-state index is 13.2. The molecule has 0 unspecified atom stereocenters. The molecule has 0 atom stereocenters. The van der Waals surface area contributed by atoms with Gasteiger partial charge >= 0.3 is 6.18 Å². The van der Waals surface area contributed by atoms with Gasteiger partial charge in [-0.25, -0.2) is 0 Å². The first-order valence-corrected chi connectivity index (χ1v) is 8.30. The Hall–Kier alpha value is -2.71. The number of benzene rings is 2. The van der Waals surface area contributed by atoms with Gasteiger partial charge in [-0.1, -0.05) is 29.8 Å². The molecule has 2 aromatic carbocycles. The first-order valence-electron chi connectivity index (χ1n) is 7.52. The highest BCUT2D eigenvalue weighted by Crippen LogP contribution is 2.33. The van der Waals surface area contributed by atoms with E-state index < -0.39 is 29.1 Å². The van der Waals surface area contributed by atoms with Crippen molar-refractivity contribution in [1.29, 1.82) is 0 Å². The Labute approximate surface area is 162 Å². The van der Waals surface area contributed by atoms with Crippen LogP contribution in [0.4, 0.5) is 18.9 Å². The largest absolute Gasteiger partial charge is 0.416 e. The lowest BCUT2D eigenvalue weighted by atomic mass is 10.0. The number of alkyl halides is 3. The lowest BCUT2D eigenvalue weighted by molar-refractivity contribution is -0.137. The SMILES string of the molecule is O=C1NC(=S)N(c2ccc(Cl)cc2)C(=O)C1=Cc1ccccc1C(F)(F)F. The number of amides is 2. The molecule has 27 heavy (non-hydrogen) atoms. The Morgan fingerprint density at radius 1 is 1.04 bits per heavy atom. The van der Waals surface area contributed by atoms with Crippen molar-refractivity contribution in [3.63, 3.8) is 0 Å². The van der Waals surface area contributed by atoms with Gasteiger partial charge in [0.2, 0.25) is 0 Å². The van der Waals surface area contributed by atoms with Crippen molar-refractivity contribution >= 4 is 52.5 Å². The molecule has 0 aliphatic carbocycles. The van der Waals surface area contributed by atoms with E-state index in [2.05, 4.69) is 5.32 Å². The number of rotatable bonds is 2. The Kier molecular flexibility index (Phi) is 5.03. The Morgan fingerprint density at radius 3 is 2.30 bits per heavy atom. The summed E-state index contributed by atoms with van der Waals surface area (Å²) in [6.07, 6.45) is -3.72. The van der Waals surface area contributed by atoms with Crippen LogP contribution in [0, 0.1) is 0 Å². The fourth-order valence-corrected chi connectivity index (χ4v) is 2.93. The van der Waals surface area contributed by atoms with E-state index in [1.807, 2.05) is 0 Å². The molecular weight excluding hydrogens is 401 g/mol. The number of hydrogen-bond donors (Lipinski definition) is 1. The highest BCUT2D eigenvalue weighted by Gasteiger charge is 2.36. The highest BCUT2D eigenvalue weighted by molar-refractivity contribution is 7.80. The molecule has 2 aromatic rings. The van der Waals surface area contributed by atoms with Crippen LogP contribution in [0.1, 0.15) is 11.1 Å². The minimum absolute atomic E-state index is 0.173. The van der Waals surface area contributed by atoms with Gasteiger partial charge in [0.05, 0.1) is 11.3 Å². The summed E-state index contributed by atoms with van der Waals surface area (Å²) in [5.74, 6) is -1.70. The summed E-state index contributed by atoms with van der Waals surface area (Å²) < 4.78 is 39.5. The highest BCUT2D eigenvalue weighted by atomic mass is 35.5. The molecule has 0 saturated carbocycles. The van der Waals surface area contributed by atoms with Gasteiger partial charge < -0.3 is 0 Å². The number of nitrogens with zero attached hydrogens (tertiary/aromatic N) is 1. The molecule has 0 radical (unpaired) electrons. The second kappa shape index (κ2) is 7.13. The number of thiocarbonyl (C=S) groups is 1. The number of halogens is 4. The van der Waals surface area contributed by atoms with Crippen molar-refractivity contribution < 1.29 is 22.8 Å². The number of anilines is 1. The second-order valence-electron chi connectivity index (χ2n) is 5.52. The summed E-state index contributed by atoms with van der Waals surface area (Å²) in [5, 5.41) is 2.57. The molecule has 2 amide bonds. The van der Waals surface area contributed by atoms with Crippen LogP contribution in [0.15, 0.2) is 54.1 Å². The minimum Gasteiger partial charge on any atom is -0.298 e. The van der Waals surface area contributed by atoms with E-state index >= 15 is 0 Å². The van der Waals surface area contributed by atoms with Crippen LogP contribution < -0.4 is 10.2 Å². The number of carbonyl (C=O) groups excluding carboxylic acids is 2. The van der Waals surface area contributed by atoms with E-state index in [9.17, 15) is 22.8 Å². The van der Waals surface area contributed by atoms with E-state index in [1.165, 1.54) is 42.5 Å². The second-order valence-corrected chi connectivity index (χ2v) is 6.34. The molecule has 1 N–H and O–H groups in total. The molecule has 1 heterocycles. The fraction of sp³-hybridized carbons (Fsp3) is 0.0556. The van der Waals surface area contributed by atoms with Crippen molar-refractivity contribution in [3.05, 3.63) is 70.3 Å². The predicted molar refractivity (Wildman–Crippen MR) is 99.1 cm³/mol. The first-order chi connectivity index (χ1) is 12.7. The summed E-state index contributed by atoms with van der Waals surface area (Å²) in [6, 6.07) is 10.7. The lowest BCUT2D eigenvalue weighted by Crippen LogP contribution is -2.54. The fourth-order valence-electron chi connectivity index (χ4n) is 2.52. The van der Waals surface area contributed by atoms with Gasteiger partial charge in [-0.3, -0.25) is 19.8 Å². The average Bonchev–Trinajstić information content (AvgIpc) is 2.59. The average molecular weight is 411 g/mol. The molecule has 1 aliphatic rings. The van der Waals surface area contributed by atoms with Crippen molar-refractivity contribution in [2.75, 3.05) is 4.90 Å². The van der Waals surface area contributed by atoms with Gasteiger partial charge in [0, 0.05) is 5.02 Å². The first kappa shape index (κ1) is 19.1. The van der Waals surface area contributed by atoms with E-state index in [-0.39, 0.29) is 10.7 Å². The zero-order valence-electron chi connectivity index (χ0n) is 13.4. The maximum Gasteiger partial charge on any atom is 0.416 e. The van der Waals surface area contributed by atoms with Crippen LogP contribution >= 0.6 is 23.8 Å². The van der Waals surface area contributed by atoms with Gasteiger partial charge in [-0.2, -0.15) is 13.2 Å². The Bertz CT molecular complexity index is 971. The summed E-state index contributed by atoms with van der Waals surface area (Å²) in [6.45, 7) is 0. The van der Waals surface area contributed by atoms with Crippen LogP contribution in [0.2, 0.25) is 5.02 Å². The van der Waals surface area contributed by atoms with Gasteiger partial charge in [-0.15, -0.1) is 0 Å². The normalized spacial score (nSPS) is 16.7. The van der Waals surface area contributed by atoms with Gasteiger partial charge in [-0.05, 0) is 54.2 Å². The maximum absolute atomic E-state index is 13.2. The van der Waals surface area contributed by atoms with Gasteiger partial charge in [0.1, 0.15) is 5.57 Å². The molecule has 9 heteroatoms. The number of hydrogen-bond acceptors (Lipinski definition) is 3. The zero-order valence-corrected chi connectivity index (χ0v) is 15.0. The summed E-state index contributed by atoms with van der Waals surface area (Å²) in [4.78, 5) is 26.0. The molecule has 1 aliphatic heterocycles. The number of carbonyl (C=O) groups is 2.